The van der Waals surface area contributed by atoms with Crippen LogP contribution in [0.15, 0.2) is 52.7 Å². The molecule has 0 spiro atoms. The molecule has 29 heavy (non-hydrogen) atoms. The molecule has 3 rings (SSSR count). The summed E-state index contributed by atoms with van der Waals surface area (Å²) in [6.45, 7) is 9.26. The van der Waals surface area contributed by atoms with E-state index in [0.29, 0.717) is 17.9 Å². The van der Waals surface area contributed by atoms with Crippen LogP contribution in [0.2, 0.25) is 0 Å². The fraction of sp³-hybridized carbons (Fsp3) is 0.391. The largest absolute Gasteiger partial charge is 0.507 e. The molecule has 0 saturated carbocycles. The first-order valence-corrected chi connectivity index (χ1v) is 10.1. The van der Waals surface area contributed by atoms with Crippen molar-refractivity contribution in [2.45, 2.75) is 33.2 Å². The van der Waals surface area contributed by atoms with Crippen LogP contribution in [0.1, 0.15) is 43.2 Å². The minimum Gasteiger partial charge on any atom is -0.507 e. The number of likely N-dealkylation sites (tertiary alicyclic amines) is 1. The zero-order chi connectivity index (χ0) is 21.0. The number of rotatable bonds is 8. The molecule has 1 aliphatic heterocycles. The van der Waals surface area contributed by atoms with Crippen molar-refractivity contribution >= 4 is 17.4 Å². The quantitative estimate of drug-likeness (QED) is 0.418. The summed E-state index contributed by atoms with van der Waals surface area (Å²) in [4.78, 5) is 29.4. The monoisotopic (exact) mass is 396 g/mol. The number of Topliss-reactive ketones (excluding diaryl/α,β-unsaturated/α-hetero) is 1. The van der Waals surface area contributed by atoms with Gasteiger partial charge in [0, 0.05) is 12.1 Å². The fourth-order valence-corrected chi connectivity index (χ4v) is 3.72. The van der Waals surface area contributed by atoms with Crippen molar-refractivity contribution in [3.63, 3.8) is 0 Å². The van der Waals surface area contributed by atoms with Crippen LogP contribution in [0.5, 0.6) is 0 Å². The van der Waals surface area contributed by atoms with Crippen molar-refractivity contribution in [2.75, 3.05) is 26.2 Å². The highest BCUT2D eigenvalue weighted by molar-refractivity contribution is 6.46. The molecule has 1 fully saturated rings. The molecule has 1 amide bonds. The van der Waals surface area contributed by atoms with E-state index in [4.69, 9.17) is 4.42 Å². The zero-order valence-electron chi connectivity index (χ0n) is 17.2. The smallest absolute Gasteiger partial charge is 0.295 e. The fourth-order valence-electron chi connectivity index (χ4n) is 3.72. The van der Waals surface area contributed by atoms with Gasteiger partial charge in [-0.1, -0.05) is 43.7 Å². The summed E-state index contributed by atoms with van der Waals surface area (Å²) in [5.74, 6) is -0.969. The molecule has 1 aliphatic rings. The van der Waals surface area contributed by atoms with E-state index in [9.17, 15) is 14.7 Å². The summed E-state index contributed by atoms with van der Waals surface area (Å²) < 4.78 is 5.55. The average Bonchev–Trinajstić information content (AvgIpc) is 3.33. The van der Waals surface area contributed by atoms with Gasteiger partial charge in [-0.2, -0.15) is 0 Å². The normalized spacial score (nSPS) is 18.8. The molecule has 1 saturated heterocycles. The van der Waals surface area contributed by atoms with Gasteiger partial charge < -0.3 is 19.3 Å². The third-order valence-electron chi connectivity index (χ3n) is 5.45. The first kappa shape index (κ1) is 20.9. The number of aryl methyl sites for hydroxylation is 1. The van der Waals surface area contributed by atoms with Crippen LogP contribution in [-0.2, 0) is 9.59 Å². The van der Waals surface area contributed by atoms with Crippen LogP contribution in [0.4, 0.5) is 0 Å². The lowest BCUT2D eigenvalue weighted by atomic mass is 9.99. The molecular formula is C23H28N2O4. The molecule has 0 bridgehead atoms. The molecule has 6 heteroatoms. The predicted octanol–water partition coefficient (Wildman–Crippen LogP) is 3.74. The van der Waals surface area contributed by atoms with Gasteiger partial charge in [0.05, 0.1) is 11.8 Å². The minimum absolute atomic E-state index is 0.0802. The Morgan fingerprint density at radius 1 is 1.14 bits per heavy atom. The number of amides is 1. The van der Waals surface area contributed by atoms with Crippen LogP contribution in [0.25, 0.3) is 5.76 Å². The number of hydrogen-bond donors (Lipinski definition) is 1. The Balaban J connectivity index is 1.95. The number of aliphatic hydroxyl groups excluding tert-OH is 1. The minimum atomic E-state index is -0.719. The Bertz CT molecular complexity index is 880. The lowest BCUT2D eigenvalue weighted by molar-refractivity contribution is -0.140. The van der Waals surface area contributed by atoms with Gasteiger partial charge in [0.1, 0.15) is 17.6 Å². The summed E-state index contributed by atoms with van der Waals surface area (Å²) in [5.41, 5.74) is 1.63. The molecule has 2 aromatic rings. The van der Waals surface area contributed by atoms with Gasteiger partial charge in [0.25, 0.3) is 11.7 Å². The summed E-state index contributed by atoms with van der Waals surface area (Å²) in [6.07, 6.45) is 2.24. The lowest BCUT2D eigenvalue weighted by Crippen LogP contribution is -2.33. The van der Waals surface area contributed by atoms with Crippen LogP contribution < -0.4 is 0 Å². The number of nitrogens with zero attached hydrogens (tertiary/aromatic N) is 2. The molecule has 1 N–H and O–H groups in total. The summed E-state index contributed by atoms with van der Waals surface area (Å²) >= 11 is 0. The van der Waals surface area contributed by atoms with Crippen molar-refractivity contribution in [1.29, 1.82) is 0 Å². The number of hydrogen-bond acceptors (Lipinski definition) is 5. The lowest BCUT2D eigenvalue weighted by Gasteiger charge is -2.25. The Labute approximate surface area is 171 Å². The van der Waals surface area contributed by atoms with Crippen molar-refractivity contribution in [3.05, 3.63) is 65.1 Å². The first-order chi connectivity index (χ1) is 14.0. The van der Waals surface area contributed by atoms with Crippen LogP contribution >= 0.6 is 0 Å². The van der Waals surface area contributed by atoms with Crippen molar-refractivity contribution in [1.82, 2.24) is 9.80 Å². The predicted molar refractivity (Wildman–Crippen MR) is 111 cm³/mol. The molecular weight excluding hydrogens is 368 g/mol. The number of benzene rings is 1. The van der Waals surface area contributed by atoms with E-state index < -0.39 is 17.7 Å². The van der Waals surface area contributed by atoms with Crippen LogP contribution in [-0.4, -0.2) is 52.8 Å². The maximum Gasteiger partial charge on any atom is 0.295 e. The molecule has 154 valence electrons. The maximum absolute atomic E-state index is 12.9. The van der Waals surface area contributed by atoms with E-state index in [1.807, 2.05) is 19.1 Å². The summed E-state index contributed by atoms with van der Waals surface area (Å²) in [7, 11) is 0. The number of carbonyl (C=O) groups is 2. The van der Waals surface area contributed by atoms with Crippen molar-refractivity contribution in [2.24, 2.45) is 0 Å². The molecule has 0 radical (unpaired) electrons. The topological polar surface area (TPSA) is 74.0 Å². The third-order valence-corrected chi connectivity index (χ3v) is 5.45. The average molecular weight is 396 g/mol. The summed E-state index contributed by atoms with van der Waals surface area (Å²) in [6, 6.07) is 9.94. The Kier molecular flexibility index (Phi) is 6.54. The van der Waals surface area contributed by atoms with Gasteiger partial charge in [-0.3, -0.25) is 9.59 Å². The number of ketones is 1. The van der Waals surface area contributed by atoms with E-state index in [0.717, 1.165) is 31.6 Å². The van der Waals surface area contributed by atoms with Crippen LogP contribution in [0, 0.1) is 6.92 Å². The molecule has 1 aromatic heterocycles. The standard InChI is InChI=1S/C23H28N2O4/c1-4-24(5-2)13-7-14-25-20(18-8-6-15-29-18)19(22(27)23(25)28)21(26)17-11-9-16(3)10-12-17/h6,8-12,15,20,26H,4-5,7,13-14H2,1-3H3/t20-/m1/s1. The molecule has 0 unspecified atom stereocenters. The molecule has 1 aromatic carbocycles. The van der Waals surface area contributed by atoms with E-state index >= 15 is 0 Å². The SMILES string of the molecule is CCN(CC)CCCN1C(=O)C(=O)C(=C(O)c2ccc(C)cc2)[C@H]1c1ccco1. The number of carbonyl (C=O) groups excluding carboxylic acids is 2. The number of furan rings is 1. The highest BCUT2D eigenvalue weighted by atomic mass is 16.3. The Morgan fingerprint density at radius 2 is 1.83 bits per heavy atom. The van der Waals surface area contributed by atoms with Gasteiger partial charge in [-0.05, 0) is 45.1 Å². The Morgan fingerprint density at radius 3 is 2.41 bits per heavy atom. The third kappa shape index (κ3) is 4.27. The van der Waals surface area contributed by atoms with E-state index in [1.165, 1.54) is 11.2 Å². The van der Waals surface area contributed by atoms with Crippen LogP contribution in [0.3, 0.4) is 0 Å². The molecule has 2 heterocycles. The highest BCUT2D eigenvalue weighted by Gasteiger charge is 2.47. The second kappa shape index (κ2) is 9.09. The van der Waals surface area contributed by atoms with E-state index in [2.05, 4.69) is 18.7 Å². The summed E-state index contributed by atoms with van der Waals surface area (Å²) in [5, 5.41) is 10.9. The van der Waals surface area contributed by atoms with Crippen molar-refractivity contribution < 1.29 is 19.1 Å². The van der Waals surface area contributed by atoms with Gasteiger partial charge in [0.2, 0.25) is 0 Å². The molecule has 6 nitrogen and oxygen atoms in total. The second-order valence-electron chi connectivity index (χ2n) is 7.25. The van der Waals surface area contributed by atoms with E-state index in [1.54, 1.807) is 24.3 Å². The highest BCUT2D eigenvalue weighted by Crippen LogP contribution is 2.39. The number of aliphatic hydroxyl groups is 1. The Hall–Kier alpha value is -2.86. The van der Waals surface area contributed by atoms with Gasteiger partial charge in [-0.25, -0.2) is 0 Å². The molecule has 0 aliphatic carbocycles. The van der Waals surface area contributed by atoms with Gasteiger partial charge >= 0.3 is 0 Å². The molecule has 1 atom stereocenters. The van der Waals surface area contributed by atoms with Gasteiger partial charge in [0.15, 0.2) is 0 Å². The zero-order valence-corrected chi connectivity index (χ0v) is 17.2. The maximum atomic E-state index is 12.9. The second-order valence-corrected chi connectivity index (χ2v) is 7.25. The first-order valence-electron chi connectivity index (χ1n) is 10.1. The van der Waals surface area contributed by atoms with E-state index in [-0.39, 0.29) is 11.3 Å². The van der Waals surface area contributed by atoms with Crippen molar-refractivity contribution in [3.8, 4) is 0 Å². The van der Waals surface area contributed by atoms with Gasteiger partial charge in [-0.15, -0.1) is 0 Å².